The predicted molar refractivity (Wildman–Crippen MR) is 98.3 cm³/mol. The lowest BCUT2D eigenvalue weighted by molar-refractivity contribution is -0.138. The van der Waals surface area contributed by atoms with Crippen LogP contribution in [0.2, 0.25) is 0 Å². The van der Waals surface area contributed by atoms with E-state index in [1.165, 1.54) is 12.3 Å². The Hall–Kier alpha value is -2.76. The first-order chi connectivity index (χ1) is 12.7. The van der Waals surface area contributed by atoms with Gasteiger partial charge in [-0.05, 0) is 30.5 Å². The van der Waals surface area contributed by atoms with Gasteiger partial charge in [0, 0.05) is 31.6 Å². The van der Waals surface area contributed by atoms with E-state index in [9.17, 15) is 9.18 Å². The Morgan fingerprint density at radius 3 is 2.54 bits per heavy atom. The second kappa shape index (κ2) is 7.23. The molecule has 1 amide bonds. The van der Waals surface area contributed by atoms with Crippen molar-refractivity contribution in [3.05, 3.63) is 60.0 Å². The van der Waals surface area contributed by atoms with Crippen LogP contribution in [-0.4, -0.2) is 35.2 Å². The minimum absolute atomic E-state index is 0.000458. The number of hydrogen-bond donors (Lipinski definition) is 0. The molecule has 0 saturated carbocycles. The molecule has 2 aliphatic heterocycles. The average molecular weight is 352 g/mol. The van der Waals surface area contributed by atoms with Crippen molar-refractivity contribution in [3.8, 4) is 0 Å². The molecule has 1 aromatic carbocycles. The molecule has 5 nitrogen and oxygen atoms in total. The van der Waals surface area contributed by atoms with Gasteiger partial charge in [0.25, 0.3) is 0 Å². The third-order valence-electron chi connectivity index (χ3n) is 5.12. The van der Waals surface area contributed by atoms with Crippen LogP contribution in [0.3, 0.4) is 0 Å². The summed E-state index contributed by atoms with van der Waals surface area (Å²) >= 11 is 0. The number of piperidine rings is 1. The summed E-state index contributed by atoms with van der Waals surface area (Å²) in [6.45, 7) is 1.48. The molecule has 0 unspecified atom stereocenters. The van der Waals surface area contributed by atoms with E-state index in [2.05, 4.69) is 15.0 Å². The van der Waals surface area contributed by atoms with Gasteiger partial charge in [0.1, 0.15) is 11.6 Å². The smallest absolute Gasteiger partial charge is 0.246 e. The van der Waals surface area contributed by atoms with Gasteiger partial charge in [0.05, 0.1) is 12.2 Å². The van der Waals surface area contributed by atoms with E-state index in [0.717, 1.165) is 43.7 Å². The maximum absolute atomic E-state index is 13.0. The Morgan fingerprint density at radius 2 is 1.85 bits per heavy atom. The maximum atomic E-state index is 13.0. The van der Waals surface area contributed by atoms with Gasteiger partial charge in [-0.1, -0.05) is 30.3 Å². The van der Waals surface area contributed by atoms with E-state index in [4.69, 9.17) is 0 Å². The largest absolute Gasteiger partial charge is 0.357 e. The number of carbonyl (C=O) groups excluding carboxylic acids is 1. The van der Waals surface area contributed by atoms with Crippen molar-refractivity contribution in [2.45, 2.75) is 25.3 Å². The molecule has 4 rings (SSSR count). The average Bonchev–Trinajstić information content (AvgIpc) is 3.19. The van der Waals surface area contributed by atoms with Gasteiger partial charge >= 0.3 is 0 Å². The molecule has 1 atom stereocenters. The number of rotatable bonds is 3. The van der Waals surface area contributed by atoms with Crippen LogP contribution in [0, 0.1) is 11.7 Å². The number of anilines is 1. The Bertz CT molecular complexity index is 785. The zero-order valence-electron chi connectivity index (χ0n) is 14.5. The predicted octanol–water partition coefficient (Wildman–Crippen LogP) is 3.40. The van der Waals surface area contributed by atoms with Crippen molar-refractivity contribution in [2.75, 3.05) is 18.0 Å². The van der Waals surface area contributed by atoms with E-state index in [1.807, 2.05) is 36.5 Å². The highest BCUT2D eigenvalue weighted by Crippen LogP contribution is 2.32. The number of carbonyl (C=O) groups is 1. The summed E-state index contributed by atoms with van der Waals surface area (Å²) in [6.07, 6.45) is 5.33. The second-order valence-corrected chi connectivity index (χ2v) is 6.74. The Balaban J connectivity index is 1.40. The lowest BCUT2D eigenvalue weighted by atomic mass is 9.94. The normalized spacial score (nSPS) is 20.6. The molecule has 0 aliphatic carbocycles. The van der Waals surface area contributed by atoms with Crippen LogP contribution in [0.4, 0.5) is 10.2 Å². The van der Waals surface area contributed by atoms with Crippen molar-refractivity contribution in [2.24, 2.45) is 11.0 Å². The van der Waals surface area contributed by atoms with Crippen LogP contribution in [0.1, 0.15) is 30.9 Å². The summed E-state index contributed by atoms with van der Waals surface area (Å²) in [4.78, 5) is 19.2. The summed E-state index contributed by atoms with van der Waals surface area (Å²) in [6, 6.07) is 13.2. The molecule has 0 radical (unpaired) electrons. The second-order valence-electron chi connectivity index (χ2n) is 6.74. The van der Waals surface area contributed by atoms with Crippen LogP contribution in [0.15, 0.2) is 53.8 Å². The van der Waals surface area contributed by atoms with E-state index in [1.54, 1.807) is 11.1 Å². The molecule has 3 heterocycles. The third-order valence-corrected chi connectivity index (χ3v) is 5.12. The Kier molecular flexibility index (Phi) is 4.65. The zero-order chi connectivity index (χ0) is 17.9. The van der Waals surface area contributed by atoms with E-state index < -0.39 is 0 Å². The Morgan fingerprint density at radius 1 is 1.08 bits per heavy atom. The summed E-state index contributed by atoms with van der Waals surface area (Å²) < 4.78 is 13.0. The molecule has 134 valence electrons. The lowest BCUT2D eigenvalue weighted by Gasteiger charge is -2.34. The monoisotopic (exact) mass is 352 g/mol. The van der Waals surface area contributed by atoms with Crippen LogP contribution >= 0.6 is 0 Å². The molecule has 0 N–H and O–H groups in total. The highest BCUT2D eigenvalue weighted by atomic mass is 19.1. The van der Waals surface area contributed by atoms with Gasteiger partial charge in [0.2, 0.25) is 5.91 Å². The fraction of sp³-hybridized carbons (Fsp3) is 0.350. The summed E-state index contributed by atoms with van der Waals surface area (Å²) in [5, 5.41) is 6.01. The highest BCUT2D eigenvalue weighted by molar-refractivity contribution is 5.82. The molecule has 1 fully saturated rings. The van der Waals surface area contributed by atoms with Gasteiger partial charge < -0.3 is 4.90 Å². The van der Waals surface area contributed by atoms with E-state index >= 15 is 0 Å². The number of amides is 1. The topological polar surface area (TPSA) is 48.8 Å². The van der Waals surface area contributed by atoms with Crippen molar-refractivity contribution in [3.63, 3.8) is 0 Å². The van der Waals surface area contributed by atoms with Crippen LogP contribution in [0.5, 0.6) is 0 Å². The summed E-state index contributed by atoms with van der Waals surface area (Å²) in [7, 11) is 0. The fourth-order valence-corrected chi connectivity index (χ4v) is 3.68. The molecule has 2 aromatic rings. The van der Waals surface area contributed by atoms with Gasteiger partial charge in [-0.3, -0.25) is 4.79 Å². The number of hydrogen-bond acceptors (Lipinski definition) is 4. The first-order valence-corrected chi connectivity index (χ1v) is 8.99. The van der Waals surface area contributed by atoms with Crippen LogP contribution in [-0.2, 0) is 4.79 Å². The van der Waals surface area contributed by atoms with E-state index in [0.29, 0.717) is 0 Å². The molecular weight excluding hydrogens is 331 g/mol. The first kappa shape index (κ1) is 16.7. The van der Waals surface area contributed by atoms with E-state index in [-0.39, 0.29) is 23.7 Å². The van der Waals surface area contributed by atoms with Gasteiger partial charge in [0.15, 0.2) is 0 Å². The molecule has 26 heavy (non-hydrogen) atoms. The molecule has 2 aliphatic rings. The Labute approximate surface area is 152 Å². The minimum atomic E-state index is -0.335. The van der Waals surface area contributed by atoms with Crippen molar-refractivity contribution in [1.29, 1.82) is 0 Å². The van der Waals surface area contributed by atoms with Crippen molar-refractivity contribution < 1.29 is 9.18 Å². The number of hydrazone groups is 1. The standard InChI is InChI=1S/C20H21FN4O/c21-17-6-7-19(22-14-17)24-12-9-16(10-13-24)20(26)25-18(8-11-23-25)15-4-2-1-3-5-15/h1-7,11,14,16,18H,8-10,12-13H2/t18-/m0/s1. The SMILES string of the molecule is O=C(C1CCN(c2ccc(F)cn2)CC1)N1N=CC[C@H]1c1ccccc1. The summed E-state index contributed by atoms with van der Waals surface area (Å²) in [5.41, 5.74) is 1.12. The molecule has 1 aromatic heterocycles. The number of pyridine rings is 1. The quantitative estimate of drug-likeness (QED) is 0.851. The highest BCUT2D eigenvalue weighted by Gasteiger charge is 2.34. The van der Waals surface area contributed by atoms with Crippen LogP contribution in [0.25, 0.3) is 0 Å². The van der Waals surface area contributed by atoms with Crippen molar-refractivity contribution in [1.82, 2.24) is 9.99 Å². The number of aromatic nitrogens is 1. The molecular formula is C20H21FN4O. The van der Waals surface area contributed by atoms with Gasteiger partial charge in [-0.25, -0.2) is 14.4 Å². The molecule has 0 bridgehead atoms. The van der Waals surface area contributed by atoms with Gasteiger partial charge in [-0.15, -0.1) is 0 Å². The number of halogens is 1. The molecule has 1 saturated heterocycles. The van der Waals surface area contributed by atoms with Crippen LogP contribution < -0.4 is 4.90 Å². The first-order valence-electron chi connectivity index (χ1n) is 8.99. The zero-order valence-corrected chi connectivity index (χ0v) is 14.5. The third kappa shape index (κ3) is 3.31. The molecule has 6 heteroatoms. The number of benzene rings is 1. The lowest BCUT2D eigenvalue weighted by Crippen LogP contribution is -2.41. The molecule has 0 spiro atoms. The summed E-state index contributed by atoms with van der Waals surface area (Å²) in [5.74, 6) is 0.490. The fourth-order valence-electron chi connectivity index (χ4n) is 3.68. The minimum Gasteiger partial charge on any atom is -0.357 e. The number of nitrogens with zero attached hydrogens (tertiary/aromatic N) is 4. The van der Waals surface area contributed by atoms with Crippen molar-refractivity contribution >= 4 is 17.9 Å². The van der Waals surface area contributed by atoms with Gasteiger partial charge in [-0.2, -0.15) is 5.10 Å². The maximum Gasteiger partial charge on any atom is 0.246 e.